The number of rotatable bonds is 8. The first kappa shape index (κ1) is 22.6. The molecule has 1 amide bonds. The van der Waals surface area contributed by atoms with Gasteiger partial charge in [0.25, 0.3) is 0 Å². The molecule has 3 aromatic rings. The molecule has 0 aliphatic carbocycles. The highest BCUT2D eigenvalue weighted by Crippen LogP contribution is 2.27. The van der Waals surface area contributed by atoms with Crippen LogP contribution in [0.2, 0.25) is 5.15 Å². The summed E-state index contributed by atoms with van der Waals surface area (Å²) in [6.07, 6.45) is 2.78. The molecule has 0 saturated heterocycles. The first-order valence-corrected chi connectivity index (χ1v) is 10.6. The maximum Gasteiger partial charge on any atom is 0.226 e. The highest BCUT2D eigenvalue weighted by Gasteiger charge is 2.17. The van der Waals surface area contributed by atoms with Crippen LogP contribution in [0.25, 0.3) is 11.1 Å². The molecule has 0 saturated carbocycles. The normalized spacial score (nSPS) is 10.7. The summed E-state index contributed by atoms with van der Waals surface area (Å²) in [4.78, 5) is 30.0. The first-order valence-electron chi connectivity index (χ1n) is 10.3. The molecule has 0 spiro atoms. The van der Waals surface area contributed by atoms with Crippen molar-refractivity contribution in [2.75, 3.05) is 11.4 Å². The third-order valence-electron chi connectivity index (χ3n) is 5.16. The van der Waals surface area contributed by atoms with Gasteiger partial charge < -0.3 is 4.90 Å². The lowest BCUT2D eigenvalue weighted by atomic mass is 9.99. The van der Waals surface area contributed by atoms with Gasteiger partial charge in [0.15, 0.2) is 5.78 Å². The van der Waals surface area contributed by atoms with Crippen molar-refractivity contribution in [3.05, 3.63) is 82.9 Å². The average molecular weight is 439 g/mol. The summed E-state index contributed by atoms with van der Waals surface area (Å²) in [7, 11) is 0. The molecule has 0 bridgehead atoms. The number of aromatic nitrogens is 1. The Balaban J connectivity index is 1.72. The van der Waals surface area contributed by atoms with Crippen molar-refractivity contribution in [2.45, 2.75) is 33.1 Å². The van der Waals surface area contributed by atoms with Crippen molar-refractivity contribution in [3.8, 4) is 11.1 Å². The third kappa shape index (κ3) is 5.36. The smallest absolute Gasteiger partial charge is 0.226 e. The Morgan fingerprint density at radius 2 is 1.74 bits per heavy atom. The van der Waals surface area contributed by atoms with Crippen molar-refractivity contribution in [3.63, 3.8) is 0 Å². The number of hydrogen-bond acceptors (Lipinski definition) is 3. The van der Waals surface area contributed by atoms with Crippen LogP contribution in [0.5, 0.6) is 0 Å². The van der Waals surface area contributed by atoms with Gasteiger partial charge in [-0.1, -0.05) is 54.9 Å². The van der Waals surface area contributed by atoms with Crippen LogP contribution in [-0.2, 0) is 11.2 Å². The van der Waals surface area contributed by atoms with Crippen LogP contribution >= 0.6 is 11.6 Å². The molecule has 1 heterocycles. The molecule has 4 nitrogen and oxygen atoms in total. The molecule has 6 heteroatoms. The van der Waals surface area contributed by atoms with E-state index in [1.54, 1.807) is 55.6 Å². The highest BCUT2D eigenvalue weighted by atomic mass is 35.5. The van der Waals surface area contributed by atoms with Gasteiger partial charge in [0.1, 0.15) is 11.0 Å². The number of carbonyl (C=O) groups is 2. The van der Waals surface area contributed by atoms with Gasteiger partial charge in [0.05, 0.1) is 5.69 Å². The van der Waals surface area contributed by atoms with Crippen LogP contribution in [0.4, 0.5) is 10.1 Å². The molecule has 160 valence electrons. The maximum atomic E-state index is 14.7. The van der Waals surface area contributed by atoms with Crippen LogP contribution in [-0.4, -0.2) is 23.2 Å². The van der Waals surface area contributed by atoms with Gasteiger partial charge in [-0.05, 0) is 48.2 Å². The number of carbonyl (C=O) groups excluding carboxylic acids is 2. The standard InChI is InChI=1S/C25H24ClFN2O2/c1-3-24(31)29(4-2)22-13-11-20(16-21(22)27)17-7-9-18(10-8-17)23(30)14-12-19-6-5-15-28-25(19)26/h5-11,13,15-16H,3-4,12,14H2,1-2H3. The largest absolute Gasteiger partial charge is 0.310 e. The monoisotopic (exact) mass is 438 g/mol. The second kappa shape index (κ2) is 10.3. The molecule has 0 aliphatic heterocycles. The van der Waals surface area contributed by atoms with Gasteiger partial charge >= 0.3 is 0 Å². The number of anilines is 1. The predicted octanol–water partition coefficient (Wildman–Crippen LogP) is 6.12. The van der Waals surface area contributed by atoms with E-state index in [1.807, 2.05) is 13.0 Å². The SMILES string of the molecule is CCC(=O)N(CC)c1ccc(-c2ccc(C(=O)CCc3cccnc3Cl)cc2)cc1F. The fraction of sp³-hybridized carbons (Fsp3) is 0.240. The minimum Gasteiger partial charge on any atom is -0.310 e. The second-order valence-corrected chi connectivity index (χ2v) is 7.47. The zero-order chi connectivity index (χ0) is 22.4. The number of nitrogens with zero attached hydrogens (tertiary/aromatic N) is 2. The highest BCUT2D eigenvalue weighted by molar-refractivity contribution is 6.30. The summed E-state index contributed by atoms with van der Waals surface area (Å²) in [5, 5.41) is 0.415. The van der Waals surface area contributed by atoms with E-state index in [0.717, 1.165) is 11.1 Å². The van der Waals surface area contributed by atoms with Crippen LogP contribution < -0.4 is 4.90 Å². The van der Waals surface area contributed by atoms with E-state index in [2.05, 4.69) is 4.98 Å². The van der Waals surface area contributed by atoms with E-state index in [-0.39, 0.29) is 17.4 Å². The Labute approximate surface area is 186 Å². The summed E-state index contributed by atoms with van der Waals surface area (Å²) in [5.41, 5.74) is 3.18. The Bertz CT molecular complexity index is 1080. The predicted molar refractivity (Wildman–Crippen MR) is 122 cm³/mol. The Hall–Kier alpha value is -3.05. The van der Waals surface area contributed by atoms with Crippen LogP contribution in [0.1, 0.15) is 42.6 Å². The maximum absolute atomic E-state index is 14.7. The molecular formula is C25H24ClFN2O2. The van der Waals surface area contributed by atoms with Crippen LogP contribution in [0.3, 0.4) is 0 Å². The molecule has 0 unspecified atom stereocenters. The molecular weight excluding hydrogens is 415 g/mol. The van der Waals surface area contributed by atoms with Crippen LogP contribution in [0.15, 0.2) is 60.8 Å². The summed E-state index contributed by atoms with van der Waals surface area (Å²) < 4.78 is 14.7. The lowest BCUT2D eigenvalue weighted by molar-refractivity contribution is -0.118. The van der Waals surface area contributed by atoms with E-state index < -0.39 is 5.82 Å². The van der Waals surface area contributed by atoms with Gasteiger partial charge in [-0.3, -0.25) is 9.59 Å². The van der Waals surface area contributed by atoms with Gasteiger partial charge in [0.2, 0.25) is 5.91 Å². The summed E-state index contributed by atoms with van der Waals surface area (Å²) in [6.45, 7) is 3.98. The first-order chi connectivity index (χ1) is 14.9. The Kier molecular flexibility index (Phi) is 7.53. The Morgan fingerprint density at radius 3 is 2.35 bits per heavy atom. The number of Topliss-reactive ketones (excluding diaryl/α,β-unsaturated/α-hetero) is 1. The number of amides is 1. The van der Waals surface area contributed by atoms with E-state index in [1.165, 1.54) is 11.0 Å². The van der Waals surface area contributed by atoms with Crippen molar-refractivity contribution >= 4 is 29.0 Å². The van der Waals surface area contributed by atoms with Crippen molar-refractivity contribution in [2.24, 2.45) is 0 Å². The number of hydrogen-bond donors (Lipinski definition) is 0. The number of halogens is 2. The quantitative estimate of drug-likeness (QED) is 0.314. The third-order valence-corrected chi connectivity index (χ3v) is 5.50. The van der Waals surface area contributed by atoms with Crippen molar-refractivity contribution in [1.82, 2.24) is 4.98 Å². The Morgan fingerprint density at radius 1 is 1.03 bits per heavy atom. The van der Waals surface area contributed by atoms with Gasteiger partial charge in [0, 0.05) is 31.1 Å². The molecule has 1 aromatic heterocycles. The summed E-state index contributed by atoms with van der Waals surface area (Å²) >= 11 is 6.05. The lowest BCUT2D eigenvalue weighted by Gasteiger charge is -2.21. The van der Waals surface area contributed by atoms with E-state index in [9.17, 15) is 14.0 Å². The molecule has 0 atom stereocenters. The minimum atomic E-state index is -0.449. The fourth-order valence-electron chi connectivity index (χ4n) is 3.42. The molecule has 2 aromatic carbocycles. The zero-order valence-electron chi connectivity index (χ0n) is 17.6. The molecule has 0 fully saturated rings. The van der Waals surface area contributed by atoms with Gasteiger partial charge in [-0.2, -0.15) is 0 Å². The lowest BCUT2D eigenvalue weighted by Crippen LogP contribution is -2.30. The number of ketones is 1. The van der Waals surface area contributed by atoms with E-state index >= 15 is 0 Å². The number of aryl methyl sites for hydroxylation is 1. The van der Waals surface area contributed by atoms with E-state index in [0.29, 0.717) is 42.1 Å². The number of benzene rings is 2. The van der Waals surface area contributed by atoms with E-state index in [4.69, 9.17) is 11.6 Å². The zero-order valence-corrected chi connectivity index (χ0v) is 18.3. The van der Waals surface area contributed by atoms with Crippen LogP contribution in [0, 0.1) is 5.82 Å². The summed E-state index contributed by atoms with van der Waals surface area (Å²) in [6, 6.07) is 15.6. The van der Waals surface area contributed by atoms with Gasteiger partial charge in [-0.25, -0.2) is 9.37 Å². The molecule has 3 rings (SSSR count). The molecule has 31 heavy (non-hydrogen) atoms. The topological polar surface area (TPSA) is 50.3 Å². The molecule has 0 aliphatic rings. The minimum absolute atomic E-state index is 0.00432. The molecule has 0 N–H and O–H groups in total. The average Bonchev–Trinajstić information content (AvgIpc) is 2.79. The number of pyridine rings is 1. The van der Waals surface area contributed by atoms with Crippen molar-refractivity contribution in [1.29, 1.82) is 0 Å². The second-order valence-electron chi connectivity index (χ2n) is 7.11. The van der Waals surface area contributed by atoms with Crippen molar-refractivity contribution < 1.29 is 14.0 Å². The van der Waals surface area contributed by atoms with Gasteiger partial charge in [-0.15, -0.1) is 0 Å². The molecule has 0 radical (unpaired) electrons. The fourth-order valence-corrected chi connectivity index (χ4v) is 3.64. The summed E-state index contributed by atoms with van der Waals surface area (Å²) in [5.74, 6) is -0.566.